The second kappa shape index (κ2) is 24.9. The van der Waals surface area contributed by atoms with E-state index in [0.717, 1.165) is 0 Å². The first-order chi connectivity index (χ1) is 32.5. The van der Waals surface area contributed by atoms with Gasteiger partial charge in [-0.05, 0) is 115 Å². The summed E-state index contributed by atoms with van der Waals surface area (Å²) in [5, 5.41) is 36.7. The van der Waals surface area contributed by atoms with Gasteiger partial charge in [-0.3, -0.25) is 23.4 Å². The SMILES string of the molecule is CC(=O)Nc1ccc(N)c(C#N)c1.CS(=O)c1ccccc1C(=O)Nc1ccc(N)cc1.N#Cc1cc(NC(=O)c2ccccc2F)ccc1N.N#Cc1cc(NC(=O)c2ccco2)ccc1N. The van der Waals surface area contributed by atoms with Gasteiger partial charge >= 0.3 is 0 Å². The standard InChI is InChI=1S/C14H10FN3O.C14H14N2O2S.C12H9N3O2.C9H9N3O/c15-12-4-2-1-3-11(12)14(19)18-10-5-6-13(17)9(7-10)8-16;1-19(18)13-5-3-2-4-12(13)14(17)16-11-8-6-10(15)7-9-11;13-7-8-6-9(3-4-10(8)14)15-12(16)11-2-1-5-17-11;1-6(13)12-8-2-3-9(11)7(4-8)5-10/h1-7H,17H2,(H,18,19);2-9H,15H2,1H3,(H,16,17);1-6H,14H2,(H,15,16);2-4H,11H2,1H3,(H,12,13). The van der Waals surface area contributed by atoms with E-state index < -0.39 is 22.5 Å². The van der Waals surface area contributed by atoms with E-state index in [1.54, 1.807) is 103 Å². The zero-order chi connectivity index (χ0) is 49.8. The maximum absolute atomic E-state index is 13.4. The summed E-state index contributed by atoms with van der Waals surface area (Å²) in [7, 11) is -1.20. The summed E-state index contributed by atoms with van der Waals surface area (Å²) in [6.45, 7) is 1.41. The van der Waals surface area contributed by atoms with Crippen LogP contribution in [-0.4, -0.2) is 34.1 Å². The number of furan rings is 1. The minimum atomic E-state index is -1.20. The Labute approximate surface area is 392 Å². The van der Waals surface area contributed by atoms with Crippen molar-refractivity contribution in [1.29, 1.82) is 15.8 Å². The Kier molecular flexibility index (Phi) is 18.6. The molecule has 19 heteroatoms. The van der Waals surface area contributed by atoms with Crippen LogP contribution in [0.4, 0.5) is 49.9 Å². The molecule has 1 heterocycles. The molecule has 17 nitrogen and oxygen atoms in total. The van der Waals surface area contributed by atoms with Gasteiger partial charge in [0.05, 0.1) is 49.8 Å². The molecular weight excluding hydrogens is 890 g/mol. The minimum absolute atomic E-state index is 0.0576. The van der Waals surface area contributed by atoms with Gasteiger partial charge in [0, 0.05) is 58.7 Å². The molecule has 0 aliphatic heterocycles. The fourth-order valence-corrected chi connectivity index (χ4v) is 6.25. The van der Waals surface area contributed by atoms with Crippen LogP contribution in [0.25, 0.3) is 0 Å². The summed E-state index contributed by atoms with van der Waals surface area (Å²) in [5.41, 5.74) is 27.4. The molecule has 0 saturated heterocycles. The van der Waals surface area contributed by atoms with Crippen LogP contribution in [0.1, 0.15) is 54.9 Å². The molecule has 0 bridgehead atoms. The molecule has 7 aromatic rings. The number of carbonyl (C=O) groups excluding carboxylic acids is 4. The van der Waals surface area contributed by atoms with Gasteiger partial charge in [0.15, 0.2) is 5.76 Å². The largest absolute Gasteiger partial charge is 0.459 e. The van der Waals surface area contributed by atoms with Gasteiger partial charge < -0.3 is 48.6 Å². The predicted octanol–water partition coefficient (Wildman–Crippen LogP) is 7.88. The van der Waals surface area contributed by atoms with Crippen LogP contribution in [0.3, 0.4) is 0 Å². The highest BCUT2D eigenvalue weighted by Crippen LogP contribution is 2.21. The fraction of sp³-hybridized carbons (Fsp3) is 0.0408. The number of nitrogens with two attached hydrogens (primary N) is 4. The third-order valence-corrected chi connectivity index (χ3v) is 9.81. The molecule has 6 aromatic carbocycles. The van der Waals surface area contributed by atoms with Crippen molar-refractivity contribution in [2.75, 3.05) is 50.5 Å². The van der Waals surface area contributed by atoms with Gasteiger partial charge in [-0.2, -0.15) is 15.8 Å². The summed E-state index contributed by atoms with van der Waals surface area (Å²) in [4.78, 5) is 46.8. The van der Waals surface area contributed by atoms with E-state index in [-0.39, 0.29) is 34.6 Å². The van der Waals surface area contributed by atoms with Crippen LogP contribution in [0.5, 0.6) is 0 Å². The minimum Gasteiger partial charge on any atom is -0.459 e. The summed E-state index contributed by atoms with van der Waals surface area (Å²) in [6.07, 6.45) is 2.97. The Morgan fingerprint density at radius 1 is 0.544 bits per heavy atom. The molecular formula is C49H42FN11O6S. The number of nitrogens with zero attached hydrogens (tertiary/aromatic N) is 3. The van der Waals surface area contributed by atoms with Crippen LogP contribution in [-0.2, 0) is 15.6 Å². The van der Waals surface area contributed by atoms with E-state index in [4.69, 9.17) is 43.1 Å². The number of nitrogens with one attached hydrogen (secondary N) is 4. The highest BCUT2D eigenvalue weighted by molar-refractivity contribution is 7.84. The summed E-state index contributed by atoms with van der Waals surface area (Å²) >= 11 is 0. The quantitative estimate of drug-likeness (QED) is 0.0673. The highest BCUT2D eigenvalue weighted by Gasteiger charge is 2.14. The van der Waals surface area contributed by atoms with Crippen LogP contribution in [0.2, 0.25) is 0 Å². The molecule has 342 valence electrons. The Bertz CT molecular complexity index is 3090. The van der Waals surface area contributed by atoms with Crippen LogP contribution < -0.4 is 44.2 Å². The van der Waals surface area contributed by atoms with Crippen molar-refractivity contribution in [1.82, 2.24) is 0 Å². The first kappa shape index (κ1) is 50.9. The molecule has 1 unspecified atom stereocenters. The highest BCUT2D eigenvalue weighted by atomic mass is 32.2. The number of hydrogen-bond donors (Lipinski definition) is 8. The molecule has 1 atom stereocenters. The van der Waals surface area contributed by atoms with Gasteiger partial charge in [-0.15, -0.1) is 0 Å². The number of carbonyl (C=O) groups is 4. The predicted molar refractivity (Wildman–Crippen MR) is 260 cm³/mol. The zero-order valence-electron chi connectivity index (χ0n) is 36.2. The van der Waals surface area contributed by atoms with Gasteiger partial charge in [0.2, 0.25) is 5.91 Å². The molecule has 0 spiro atoms. The molecule has 68 heavy (non-hydrogen) atoms. The lowest BCUT2D eigenvalue weighted by Gasteiger charge is -2.08. The van der Waals surface area contributed by atoms with Gasteiger partial charge in [-0.1, -0.05) is 24.3 Å². The number of halogens is 1. The number of nitriles is 3. The number of rotatable bonds is 8. The summed E-state index contributed by atoms with van der Waals surface area (Å²) < 4.78 is 29.9. The second-order valence-electron chi connectivity index (χ2n) is 13.8. The van der Waals surface area contributed by atoms with E-state index >= 15 is 0 Å². The van der Waals surface area contributed by atoms with E-state index in [1.165, 1.54) is 55.7 Å². The monoisotopic (exact) mass is 931 g/mol. The molecule has 0 fully saturated rings. The van der Waals surface area contributed by atoms with Crippen molar-refractivity contribution in [2.45, 2.75) is 11.8 Å². The Morgan fingerprint density at radius 2 is 0.971 bits per heavy atom. The van der Waals surface area contributed by atoms with Crippen molar-refractivity contribution in [3.8, 4) is 18.2 Å². The van der Waals surface area contributed by atoms with E-state index in [1.807, 2.05) is 18.2 Å². The molecule has 0 aliphatic carbocycles. The van der Waals surface area contributed by atoms with Gasteiger partial charge in [0.25, 0.3) is 17.7 Å². The molecule has 12 N–H and O–H groups in total. The van der Waals surface area contributed by atoms with E-state index in [9.17, 15) is 27.8 Å². The van der Waals surface area contributed by atoms with E-state index in [2.05, 4.69) is 21.3 Å². The molecule has 0 aliphatic rings. The smallest absolute Gasteiger partial charge is 0.291 e. The fourth-order valence-electron chi connectivity index (χ4n) is 5.51. The Morgan fingerprint density at radius 3 is 1.43 bits per heavy atom. The van der Waals surface area contributed by atoms with Crippen molar-refractivity contribution in [3.05, 3.63) is 185 Å². The lowest BCUT2D eigenvalue weighted by molar-refractivity contribution is -0.114. The van der Waals surface area contributed by atoms with Crippen LogP contribution in [0, 0.1) is 39.8 Å². The van der Waals surface area contributed by atoms with Crippen molar-refractivity contribution in [3.63, 3.8) is 0 Å². The first-order valence-corrected chi connectivity index (χ1v) is 21.3. The van der Waals surface area contributed by atoms with Crippen LogP contribution >= 0.6 is 0 Å². The number of amides is 4. The van der Waals surface area contributed by atoms with Crippen molar-refractivity contribution >= 4 is 79.9 Å². The lowest BCUT2D eigenvalue weighted by Crippen LogP contribution is -2.14. The Hall–Kier alpha value is -9.77. The first-order valence-electron chi connectivity index (χ1n) is 19.7. The normalized spacial score (nSPS) is 10.1. The summed E-state index contributed by atoms with van der Waals surface area (Å²) in [6, 6.07) is 42.3. The number of benzene rings is 6. The maximum Gasteiger partial charge on any atom is 0.291 e. The van der Waals surface area contributed by atoms with Gasteiger partial charge in [0.1, 0.15) is 24.0 Å². The average molecular weight is 932 g/mol. The molecule has 0 radical (unpaired) electrons. The van der Waals surface area contributed by atoms with Gasteiger partial charge in [-0.25, -0.2) is 4.39 Å². The average Bonchev–Trinajstić information content (AvgIpc) is 3.88. The lowest BCUT2D eigenvalue weighted by atomic mass is 10.1. The number of anilines is 8. The van der Waals surface area contributed by atoms with E-state index in [0.29, 0.717) is 67.1 Å². The molecule has 1 aromatic heterocycles. The maximum atomic E-state index is 13.4. The zero-order valence-corrected chi connectivity index (χ0v) is 37.1. The van der Waals surface area contributed by atoms with Crippen molar-refractivity contribution < 1.29 is 32.2 Å². The third-order valence-electron chi connectivity index (χ3n) is 8.83. The summed E-state index contributed by atoms with van der Waals surface area (Å²) in [5.74, 6) is -1.80. The second-order valence-corrected chi connectivity index (χ2v) is 15.2. The topological polar surface area (TPSA) is 322 Å². The molecule has 4 amide bonds. The number of hydrogen-bond acceptors (Lipinski definition) is 13. The molecule has 0 saturated carbocycles. The van der Waals surface area contributed by atoms with Crippen LogP contribution in [0.15, 0.2) is 155 Å². The van der Waals surface area contributed by atoms with Crippen molar-refractivity contribution in [2.24, 2.45) is 0 Å². The third kappa shape index (κ3) is 15.2. The Balaban J connectivity index is 0.000000200. The number of nitrogen functional groups attached to an aromatic ring is 4. The molecule has 7 rings (SSSR count).